The maximum atomic E-state index is 12.9. The molecule has 1 aliphatic heterocycles. The summed E-state index contributed by atoms with van der Waals surface area (Å²) in [6.45, 7) is 0.429. The molecule has 2 N–H and O–H groups in total. The third-order valence-corrected chi connectivity index (χ3v) is 5.24. The van der Waals surface area contributed by atoms with E-state index in [2.05, 4.69) is 5.32 Å². The van der Waals surface area contributed by atoms with Crippen molar-refractivity contribution in [2.45, 2.75) is 50.7 Å². The van der Waals surface area contributed by atoms with Crippen molar-refractivity contribution in [2.75, 3.05) is 6.54 Å². The third kappa shape index (κ3) is 3.75. The maximum Gasteiger partial charge on any atom is 0.320 e. The van der Waals surface area contributed by atoms with Crippen LogP contribution in [0.1, 0.15) is 37.7 Å². The van der Waals surface area contributed by atoms with E-state index in [0.717, 1.165) is 31.2 Å². The van der Waals surface area contributed by atoms with Gasteiger partial charge in [-0.1, -0.05) is 25.0 Å². The second-order valence-electron chi connectivity index (χ2n) is 6.78. The highest BCUT2D eigenvalue weighted by atomic mass is 19.1. The summed E-state index contributed by atoms with van der Waals surface area (Å²) in [6.07, 6.45) is 4.92. The molecule has 1 aliphatic carbocycles. The quantitative estimate of drug-likeness (QED) is 0.866. The highest BCUT2D eigenvalue weighted by Crippen LogP contribution is 2.39. The Morgan fingerprint density at radius 2 is 1.92 bits per heavy atom. The molecule has 130 valence electrons. The van der Waals surface area contributed by atoms with Gasteiger partial charge in [-0.25, -0.2) is 4.39 Å². The molecule has 3 atom stereocenters. The average molecular weight is 334 g/mol. The highest BCUT2D eigenvalue weighted by Gasteiger charge is 2.45. The Balaban J connectivity index is 1.59. The van der Waals surface area contributed by atoms with E-state index < -0.39 is 12.0 Å². The molecule has 0 unspecified atom stereocenters. The fourth-order valence-electron chi connectivity index (χ4n) is 4.05. The number of fused-ring (bicyclic) bond motifs is 1. The summed E-state index contributed by atoms with van der Waals surface area (Å²) in [4.78, 5) is 25.7. The van der Waals surface area contributed by atoms with Gasteiger partial charge in [0.1, 0.15) is 11.9 Å². The molecule has 2 aliphatic rings. The summed E-state index contributed by atoms with van der Waals surface area (Å²) in [5.74, 6) is -0.938. The molecule has 1 amide bonds. The minimum Gasteiger partial charge on any atom is -0.480 e. The van der Waals surface area contributed by atoms with Crippen LogP contribution in [0.5, 0.6) is 0 Å². The number of carbonyl (C=O) groups is 2. The van der Waals surface area contributed by atoms with E-state index in [1.54, 1.807) is 12.1 Å². The Kier molecular flexibility index (Phi) is 5.14. The van der Waals surface area contributed by atoms with E-state index in [9.17, 15) is 19.1 Å². The minimum absolute atomic E-state index is 0.110. The zero-order valence-electron chi connectivity index (χ0n) is 13.6. The zero-order valence-corrected chi connectivity index (χ0v) is 13.6. The van der Waals surface area contributed by atoms with Crippen LogP contribution in [0.4, 0.5) is 4.39 Å². The van der Waals surface area contributed by atoms with Gasteiger partial charge < -0.3 is 10.4 Å². The van der Waals surface area contributed by atoms with Gasteiger partial charge in [-0.05, 0) is 42.9 Å². The standard InChI is InChI=1S/C18H23FN2O3/c19-14-7-5-12(6-8-14)10-20-17(22)11-21-15-4-2-1-3-13(15)9-16(21)18(23)24/h5-8,13,15-16H,1-4,9-11H2,(H,20,22)(H,23,24)/t13-,15-,16-/m0/s1. The number of halogens is 1. The molecular formula is C18H23FN2O3. The van der Waals surface area contributed by atoms with E-state index >= 15 is 0 Å². The van der Waals surface area contributed by atoms with Crippen LogP contribution in [0.3, 0.4) is 0 Å². The van der Waals surface area contributed by atoms with Crippen molar-refractivity contribution in [3.8, 4) is 0 Å². The van der Waals surface area contributed by atoms with Gasteiger partial charge in [-0.3, -0.25) is 14.5 Å². The normalized spacial score (nSPS) is 26.8. The van der Waals surface area contributed by atoms with Gasteiger partial charge in [0.15, 0.2) is 0 Å². The molecule has 0 spiro atoms. The highest BCUT2D eigenvalue weighted by molar-refractivity contribution is 5.80. The van der Waals surface area contributed by atoms with Gasteiger partial charge in [0, 0.05) is 12.6 Å². The first kappa shape index (κ1) is 16.9. The van der Waals surface area contributed by atoms with Crippen LogP contribution >= 0.6 is 0 Å². The zero-order chi connectivity index (χ0) is 17.1. The Labute approximate surface area is 140 Å². The van der Waals surface area contributed by atoms with Crippen LogP contribution in [0.2, 0.25) is 0 Å². The Bertz CT molecular complexity index is 605. The van der Waals surface area contributed by atoms with Crippen molar-refractivity contribution >= 4 is 11.9 Å². The Hall–Kier alpha value is -1.95. The number of benzene rings is 1. The van der Waals surface area contributed by atoms with E-state index in [1.165, 1.54) is 12.1 Å². The van der Waals surface area contributed by atoms with Gasteiger partial charge in [0.2, 0.25) is 5.91 Å². The molecule has 1 aromatic rings. The number of amides is 1. The second kappa shape index (κ2) is 7.30. The van der Waals surface area contributed by atoms with Crippen LogP contribution in [0.25, 0.3) is 0 Å². The maximum absolute atomic E-state index is 12.9. The average Bonchev–Trinajstić information content (AvgIpc) is 2.93. The van der Waals surface area contributed by atoms with Crippen LogP contribution in [-0.2, 0) is 16.1 Å². The minimum atomic E-state index is -0.837. The van der Waals surface area contributed by atoms with Crippen molar-refractivity contribution in [1.29, 1.82) is 0 Å². The lowest BCUT2D eigenvalue weighted by atomic mass is 9.85. The van der Waals surface area contributed by atoms with Crippen LogP contribution < -0.4 is 5.32 Å². The Morgan fingerprint density at radius 3 is 2.62 bits per heavy atom. The van der Waals surface area contributed by atoms with Gasteiger partial charge in [-0.15, -0.1) is 0 Å². The predicted molar refractivity (Wildman–Crippen MR) is 86.7 cm³/mol. The fourth-order valence-corrected chi connectivity index (χ4v) is 4.05. The molecule has 1 aromatic carbocycles. The van der Waals surface area contributed by atoms with Crippen LogP contribution in [0, 0.1) is 11.7 Å². The Morgan fingerprint density at radius 1 is 1.21 bits per heavy atom. The molecule has 3 rings (SSSR count). The second-order valence-corrected chi connectivity index (χ2v) is 6.78. The summed E-state index contributed by atoms with van der Waals surface area (Å²) in [5, 5.41) is 12.3. The fraction of sp³-hybridized carbons (Fsp3) is 0.556. The number of aliphatic carboxylic acids is 1. The molecule has 6 heteroatoms. The lowest BCUT2D eigenvalue weighted by molar-refractivity contribution is -0.143. The van der Waals surface area contributed by atoms with Gasteiger partial charge in [0.25, 0.3) is 0 Å². The van der Waals surface area contributed by atoms with Gasteiger partial charge >= 0.3 is 5.97 Å². The van der Waals surface area contributed by atoms with Crippen molar-refractivity contribution in [3.63, 3.8) is 0 Å². The number of rotatable bonds is 5. The first-order chi connectivity index (χ1) is 11.5. The summed E-state index contributed by atoms with van der Waals surface area (Å²) < 4.78 is 12.9. The molecule has 2 fully saturated rings. The smallest absolute Gasteiger partial charge is 0.320 e. The van der Waals surface area contributed by atoms with E-state index in [-0.39, 0.29) is 24.3 Å². The largest absolute Gasteiger partial charge is 0.480 e. The van der Waals surface area contributed by atoms with Crippen molar-refractivity contribution < 1.29 is 19.1 Å². The molecule has 0 aromatic heterocycles. The number of nitrogens with one attached hydrogen (secondary N) is 1. The molecule has 0 radical (unpaired) electrons. The number of likely N-dealkylation sites (tertiary alicyclic amines) is 1. The first-order valence-electron chi connectivity index (χ1n) is 8.54. The number of carbonyl (C=O) groups excluding carboxylic acids is 1. The SMILES string of the molecule is O=C(CN1[C@H](C(=O)O)C[C@@H]2CCCC[C@@H]21)NCc1ccc(F)cc1. The predicted octanol–water partition coefficient (Wildman–Crippen LogP) is 2.16. The molecular weight excluding hydrogens is 311 g/mol. The molecule has 1 saturated heterocycles. The van der Waals surface area contributed by atoms with E-state index in [4.69, 9.17) is 0 Å². The monoisotopic (exact) mass is 334 g/mol. The summed E-state index contributed by atoms with van der Waals surface area (Å²) in [6, 6.07) is 5.61. The number of hydrogen-bond donors (Lipinski definition) is 2. The molecule has 0 bridgehead atoms. The summed E-state index contributed by atoms with van der Waals surface area (Å²) in [7, 11) is 0. The van der Waals surface area contributed by atoms with E-state index in [1.807, 2.05) is 4.90 Å². The third-order valence-electron chi connectivity index (χ3n) is 5.24. The van der Waals surface area contributed by atoms with Crippen molar-refractivity contribution in [3.05, 3.63) is 35.6 Å². The lowest BCUT2D eigenvalue weighted by Crippen LogP contribution is -2.47. The topological polar surface area (TPSA) is 69.6 Å². The number of nitrogens with zero attached hydrogens (tertiary/aromatic N) is 1. The number of hydrogen-bond acceptors (Lipinski definition) is 3. The van der Waals surface area contributed by atoms with Crippen LogP contribution in [-0.4, -0.2) is 40.5 Å². The van der Waals surface area contributed by atoms with E-state index in [0.29, 0.717) is 18.9 Å². The summed E-state index contributed by atoms with van der Waals surface area (Å²) in [5.41, 5.74) is 0.816. The lowest BCUT2D eigenvalue weighted by Gasteiger charge is -2.32. The van der Waals surface area contributed by atoms with Gasteiger partial charge in [0.05, 0.1) is 6.54 Å². The number of carboxylic acid groups (broad SMARTS) is 1. The molecule has 24 heavy (non-hydrogen) atoms. The first-order valence-corrected chi connectivity index (χ1v) is 8.54. The van der Waals surface area contributed by atoms with Crippen molar-refractivity contribution in [2.24, 2.45) is 5.92 Å². The molecule has 1 heterocycles. The van der Waals surface area contributed by atoms with Gasteiger partial charge in [-0.2, -0.15) is 0 Å². The van der Waals surface area contributed by atoms with Crippen molar-refractivity contribution in [1.82, 2.24) is 10.2 Å². The number of carboxylic acids is 1. The molecule has 5 nitrogen and oxygen atoms in total. The van der Waals surface area contributed by atoms with Crippen LogP contribution in [0.15, 0.2) is 24.3 Å². The molecule has 1 saturated carbocycles. The summed E-state index contributed by atoms with van der Waals surface area (Å²) >= 11 is 0.